The third-order valence-corrected chi connectivity index (χ3v) is 6.99. The van der Waals surface area contributed by atoms with Gasteiger partial charge in [0.25, 0.3) is 0 Å². The van der Waals surface area contributed by atoms with Gasteiger partial charge < -0.3 is 15.3 Å². The van der Waals surface area contributed by atoms with E-state index in [1.54, 1.807) is 13.8 Å². The molecule has 0 spiro atoms. The molecule has 0 bridgehead atoms. The van der Waals surface area contributed by atoms with Gasteiger partial charge in [-0.1, -0.05) is 12.1 Å². The lowest BCUT2D eigenvalue weighted by atomic mass is 9.99. The number of hydrogen-bond donors (Lipinski definition) is 2. The van der Waals surface area contributed by atoms with Crippen LogP contribution < -0.4 is 10.2 Å². The van der Waals surface area contributed by atoms with Crippen LogP contribution in [0, 0.1) is 13.8 Å². The molecule has 182 valence electrons. The molecule has 1 saturated heterocycles. The first kappa shape index (κ1) is 25.5. The van der Waals surface area contributed by atoms with Gasteiger partial charge in [-0.3, -0.25) is 9.69 Å². The SMILES string of the molecule is Cc1cccc(N2CCN(CCC(C)NC(=O)CC(O)(c3nc(C)cs3)C(F)(F)F)CC2)c1. The number of piperazine rings is 1. The van der Waals surface area contributed by atoms with Crippen molar-refractivity contribution in [2.45, 2.75) is 51.4 Å². The van der Waals surface area contributed by atoms with E-state index in [2.05, 4.69) is 51.3 Å². The summed E-state index contributed by atoms with van der Waals surface area (Å²) in [6.07, 6.45) is -5.51. The predicted octanol–water partition coefficient (Wildman–Crippen LogP) is 3.62. The van der Waals surface area contributed by atoms with Crippen LogP contribution >= 0.6 is 11.3 Å². The molecule has 33 heavy (non-hydrogen) atoms. The summed E-state index contributed by atoms with van der Waals surface area (Å²) in [5, 5.41) is 13.8. The molecule has 1 aromatic heterocycles. The lowest BCUT2D eigenvalue weighted by Crippen LogP contribution is -2.49. The van der Waals surface area contributed by atoms with Gasteiger partial charge in [-0.15, -0.1) is 11.3 Å². The van der Waals surface area contributed by atoms with E-state index in [0.717, 1.165) is 32.7 Å². The zero-order chi connectivity index (χ0) is 24.2. The number of carbonyl (C=O) groups excluding carboxylic acids is 1. The highest BCUT2D eigenvalue weighted by Gasteiger charge is 2.58. The first-order valence-corrected chi connectivity index (χ1v) is 11.9. The van der Waals surface area contributed by atoms with E-state index < -0.39 is 29.1 Å². The molecule has 1 aliphatic heterocycles. The van der Waals surface area contributed by atoms with Crippen molar-refractivity contribution in [1.29, 1.82) is 0 Å². The van der Waals surface area contributed by atoms with Gasteiger partial charge in [0.1, 0.15) is 5.01 Å². The summed E-state index contributed by atoms with van der Waals surface area (Å²) >= 11 is 0.701. The van der Waals surface area contributed by atoms with Crippen LogP contribution in [0.2, 0.25) is 0 Å². The maximum atomic E-state index is 13.6. The van der Waals surface area contributed by atoms with Crippen molar-refractivity contribution < 1.29 is 23.1 Å². The van der Waals surface area contributed by atoms with Crippen LogP contribution in [0.25, 0.3) is 0 Å². The van der Waals surface area contributed by atoms with E-state index in [4.69, 9.17) is 0 Å². The number of amides is 1. The summed E-state index contributed by atoms with van der Waals surface area (Å²) in [4.78, 5) is 20.8. The molecular formula is C23H31F3N4O2S. The third-order valence-electron chi connectivity index (χ3n) is 5.88. The van der Waals surface area contributed by atoms with Crippen LogP contribution in [-0.2, 0) is 10.4 Å². The Kier molecular flexibility index (Phi) is 8.02. The Morgan fingerprint density at radius 1 is 1.24 bits per heavy atom. The average molecular weight is 485 g/mol. The third kappa shape index (κ3) is 6.45. The topological polar surface area (TPSA) is 68.7 Å². The molecule has 6 nitrogen and oxygen atoms in total. The van der Waals surface area contributed by atoms with E-state index in [1.807, 2.05) is 0 Å². The molecule has 0 radical (unpaired) electrons. The van der Waals surface area contributed by atoms with Gasteiger partial charge in [0.05, 0.1) is 6.42 Å². The molecule has 10 heteroatoms. The number of aromatic nitrogens is 1. The number of benzene rings is 1. The van der Waals surface area contributed by atoms with Crippen LogP contribution in [-0.4, -0.2) is 65.8 Å². The number of carbonyl (C=O) groups is 1. The maximum Gasteiger partial charge on any atom is 0.424 e. The molecule has 2 aromatic rings. The molecule has 3 rings (SSSR count). The first-order chi connectivity index (χ1) is 15.5. The molecule has 1 fully saturated rings. The molecule has 1 aliphatic rings. The molecule has 1 amide bonds. The van der Waals surface area contributed by atoms with Gasteiger partial charge in [-0.25, -0.2) is 4.98 Å². The summed E-state index contributed by atoms with van der Waals surface area (Å²) in [6, 6.07) is 8.08. The van der Waals surface area contributed by atoms with Crippen LogP contribution in [0.3, 0.4) is 0 Å². The normalized spacial score (nSPS) is 18.1. The lowest BCUT2D eigenvalue weighted by Gasteiger charge is -2.36. The molecule has 2 heterocycles. The van der Waals surface area contributed by atoms with Crippen LogP contribution in [0.4, 0.5) is 18.9 Å². The Labute approximate surface area is 196 Å². The number of hydrogen-bond acceptors (Lipinski definition) is 6. The minimum atomic E-state index is -5.01. The molecule has 0 saturated carbocycles. The van der Waals surface area contributed by atoms with Crippen molar-refractivity contribution in [2.24, 2.45) is 0 Å². The standard InChI is InChI=1S/C23H31F3N4O2S/c1-16-5-4-6-19(13-16)30-11-9-29(10-12-30)8-7-17(2)27-20(31)14-22(32,23(24,25)26)21-28-18(3)15-33-21/h4-6,13,15,17,32H,7-12,14H2,1-3H3,(H,27,31). The van der Waals surface area contributed by atoms with Crippen molar-refractivity contribution in [3.63, 3.8) is 0 Å². The van der Waals surface area contributed by atoms with E-state index in [9.17, 15) is 23.1 Å². The maximum absolute atomic E-state index is 13.6. The number of nitrogens with one attached hydrogen (secondary N) is 1. The predicted molar refractivity (Wildman–Crippen MR) is 123 cm³/mol. The monoisotopic (exact) mass is 484 g/mol. The van der Waals surface area contributed by atoms with Gasteiger partial charge in [0.2, 0.25) is 11.5 Å². The fourth-order valence-electron chi connectivity index (χ4n) is 3.90. The summed E-state index contributed by atoms with van der Waals surface area (Å²) in [7, 11) is 0. The number of aryl methyl sites for hydroxylation is 2. The lowest BCUT2D eigenvalue weighted by molar-refractivity contribution is -0.267. The number of alkyl halides is 3. The van der Waals surface area contributed by atoms with Crippen molar-refractivity contribution in [1.82, 2.24) is 15.2 Å². The Hall–Kier alpha value is -2.17. The summed E-state index contributed by atoms with van der Waals surface area (Å²) < 4.78 is 40.8. The number of rotatable bonds is 8. The number of anilines is 1. The number of halogens is 3. The Morgan fingerprint density at radius 3 is 2.52 bits per heavy atom. The average Bonchev–Trinajstić information content (AvgIpc) is 3.18. The number of thiazole rings is 1. The molecule has 1 aromatic carbocycles. The van der Waals surface area contributed by atoms with E-state index in [-0.39, 0.29) is 6.04 Å². The molecule has 2 atom stereocenters. The fourth-order valence-corrected chi connectivity index (χ4v) is 4.82. The van der Waals surface area contributed by atoms with Crippen molar-refractivity contribution in [3.8, 4) is 0 Å². The minimum absolute atomic E-state index is 0.317. The van der Waals surface area contributed by atoms with Gasteiger partial charge >= 0.3 is 6.18 Å². The highest BCUT2D eigenvalue weighted by atomic mass is 32.1. The van der Waals surface area contributed by atoms with Gasteiger partial charge in [0, 0.05) is 55.5 Å². The second-order valence-electron chi connectivity index (χ2n) is 8.75. The van der Waals surface area contributed by atoms with Crippen LogP contribution in [0.15, 0.2) is 29.6 Å². The molecule has 2 N–H and O–H groups in total. The summed E-state index contributed by atoms with van der Waals surface area (Å²) in [6.45, 7) is 9.67. The number of nitrogens with zero attached hydrogens (tertiary/aromatic N) is 3. The largest absolute Gasteiger partial charge is 0.424 e. The number of aliphatic hydroxyl groups is 1. The highest BCUT2D eigenvalue weighted by molar-refractivity contribution is 7.09. The highest BCUT2D eigenvalue weighted by Crippen LogP contribution is 2.42. The summed E-state index contributed by atoms with van der Waals surface area (Å²) in [5.74, 6) is -0.848. The van der Waals surface area contributed by atoms with Crippen molar-refractivity contribution >= 4 is 22.9 Å². The smallest absolute Gasteiger partial charge is 0.374 e. The van der Waals surface area contributed by atoms with E-state index in [1.165, 1.54) is 16.6 Å². The second kappa shape index (κ2) is 10.4. The van der Waals surface area contributed by atoms with Gasteiger partial charge in [0.15, 0.2) is 0 Å². The zero-order valence-electron chi connectivity index (χ0n) is 19.2. The molecule has 0 aliphatic carbocycles. The fraction of sp³-hybridized carbons (Fsp3) is 0.565. The van der Waals surface area contributed by atoms with E-state index >= 15 is 0 Å². The van der Waals surface area contributed by atoms with Gasteiger partial charge in [-0.05, 0) is 44.9 Å². The molecule has 2 unspecified atom stereocenters. The van der Waals surface area contributed by atoms with Crippen molar-refractivity contribution in [3.05, 3.63) is 45.9 Å². The minimum Gasteiger partial charge on any atom is -0.374 e. The van der Waals surface area contributed by atoms with Gasteiger partial charge in [-0.2, -0.15) is 13.2 Å². The van der Waals surface area contributed by atoms with Crippen molar-refractivity contribution in [2.75, 3.05) is 37.6 Å². The zero-order valence-corrected chi connectivity index (χ0v) is 20.0. The van der Waals surface area contributed by atoms with Crippen LogP contribution in [0.1, 0.15) is 36.0 Å². The van der Waals surface area contributed by atoms with Crippen LogP contribution in [0.5, 0.6) is 0 Å². The quantitative estimate of drug-likeness (QED) is 0.599. The molecular weight excluding hydrogens is 453 g/mol. The van der Waals surface area contributed by atoms with E-state index in [0.29, 0.717) is 23.5 Å². The second-order valence-corrected chi connectivity index (χ2v) is 9.61. The summed E-state index contributed by atoms with van der Waals surface area (Å²) in [5.41, 5.74) is -0.485. The Morgan fingerprint density at radius 2 is 1.94 bits per heavy atom. The Bertz CT molecular complexity index is 944. The first-order valence-electron chi connectivity index (χ1n) is 11.0. The Balaban J connectivity index is 1.46.